The Morgan fingerprint density at radius 3 is 2.50 bits per heavy atom. The Morgan fingerprint density at radius 1 is 1.05 bits per heavy atom. The lowest BCUT2D eigenvalue weighted by Gasteiger charge is -2.47. The number of benzene rings is 1. The number of piperazine rings is 1. The van der Waals surface area contributed by atoms with Crippen molar-refractivity contribution in [3.8, 4) is 0 Å². The van der Waals surface area contributed by atoms with E-state index in [-0.39, 0.29) is 0 Å². The molecule has 2 nitrogen and oxygen atoms in total. The summed E-state index contributed by atoms with van der Waals surface area (Å²) in [4.78, 5) is 5.49. The van der Waals surface area contributed by atoms with E-state index >= 15 is 0 Å². The molecule has 2 aliphatic heterocycles. The molecule has 3 rings (SSSR count). The predicted octanol–water partition coefficient (Wildman–Crippen LogP) is 3.55. The minimum Gasteiger partial charge on any atom is -0.297 e. The van der Waals surface area contributed by atoms with Crippen molar-refractivity contribution in [3.05, 3.63) is 35.9 Å². The molecule has 2 heterocycles. The van der Waals surface area contributed by atoms with Gasteiger partial charge in [0.15, 0.2) is 0 Å². The highest BCUT2D eigenvalue weighted by Crippen LogP contribution is 2.35. The molecule has 0 spiro atoms. The summed E-state index contributed by atoms with van der Waals surface area (Å²) in [6, 6.07) is 13.1. The van der Waals surface area contributed by atoms with Crippen molar-refractivity contribution < 1.29 is 0 Å². The Labute approximate surface area is 123 Å². The maximum atomic E-state index is 2.77. The fourth-order valence-electron chi connectivity index (χ4n) is 3.84. The van der Waals surface area contributed by atoms with E-state index in [0.717, 1.165) is 6.04 Å². The van der Waals surface area contributed by atoms with E-state index in [1.165, 1.54) is 38.0 Å². The highest BCUT2D eigenvalue weighted by molar-refractivity contribution is 5.21. The van der Waals surface area contributed by atoms with Crippen LogP contribution in [0.15, 0.2) is 30.3 Å². The van der Waals surface area contributed by atoms with Crippen LogP contribution in [0.2, 0.25) is 0 Å². The molecule has 2 saturated heterocycles. The van der Waals surface area contributed by atoms with Gasteiger partial charge in [-0.15, -0.1) is 0 Å². The average Bonchev–Trinajstić information content (AvgIpc) is 2.93. The van der Waals surface area contributed by atoms with Gasteiger partial charge in [-0.05, 0) is 37.8 Å². The van der Waals surface area contributed by atoms with Gasteiger partial charge < -0.3 is 0 Å². The number of hydrogen-bond acceptors (Lipinski definition) is 2. The van der Waals surface area contributed by atoms with Crippen molar-refractivity contribution in [2.45, 2.75) is 51.7 Å². The lowest BCUT2D eigenvalue weighted by atomic mass is 9.94. The van der Waals surface area contributed by atoms with Gasteiger partial charge in [0.1, 0.15) is 0 Å². The molecule has 0 saturated carbocycles. The third kappa shape index (κ3) is 2.64. The van der Waals surface area contributed by atoms with Crippen LogP contribution >= 0.6 is 0 Å². The molecule has 2 fully saturated rings. The summed E-state index contributed by atoms with van der Waals surface area (Å²) in [5.74, 6) is 0.717. The van der Waals surface area contributed by atoms with Gasteiger partial charge in [-0.25, -0.2) is 0 Å². The van der Waals surface area contributed by atoms with Crippen LogP contribution in [0.25, 0.3) is 0 Å². The highest BCUT2D eigenvalue weighted by Gasteiger charge is 2.39. The molecule has 0 amide bonds. The van der Waals surface area contributed by atoms with E-state index in [0.29, 0.717) is 18.0 Å². The van der Waals surface area contributed by atoms with Crippen LogP contribution in [-0.4, -0.2) is 41.5 Å². The maximum absolute atomic E-state index is 2.77. The Balaban J connectivity index is 1.86. The Bertz CT molecular complexity index is 428. The number of hydrogen-bond donors (Lipinski definition) is 0. The molecule has 0 aliphatic carbocycles. The van der Waals surface area contributed by atoms with E-state index in [9.17, 15) is 0 Å². The first kappa shape index (κ1) is 14.1. The molecular formula is C18H28N2. The number of fused-ring (bicyclic) bond motifs is 1. The molecule has 0 bridgehead atoms. The van der Waals surface area contributed by atoms with Gasteiger partial charge in [-0.2, -0.15) is 0 Å². The maximum Gasteiger partial charge on any atom is 0.0478 e. The first-order chi connectivity index (χ1) is 9.66. The Kier molecular flexibility index (Phi) is 4.13. The summed E-state index contributed by atoms with van der Waals surface area (Å²) < 4.78 is 0. The smallest absolute Gasteiger partial charge is 0.0478 e. The minimum atomic E-state index is 0.572. The fraction of sp³-hybridized carbons (Fsp3) is 0.667. The van der Waals surface area contributed by atoms with Gasteiger partial charge >= 0.3 is 0 Å². The highest BCUT2D eigenvalue weighted by atomic mass is 15.3. The lowest BCUT2D eigenvalue weighted by molar-refractivity contribution is 0.0107. The second-order valence-electron chi connectivity index (χ2n) is 6.90. The lowest BCUT2D eigenvalue weighted by Crippen LogP contribution is -2.55. The van der Waals surface area contributed by atoms with Crippen LogP contribution < -0.4 is 0 Å². The first-order valence-electron chi connectivity index (χ1n) is 8.21. The van der Waals surface area contributed by atoms with Crippen molar-refractivity contribution in [1.82, 2.24) is 9.80 Å². The van der Waals surface area contributed by atoms with Crippen LogP contribution in [0.1, 0.15) is 45.2 Å². The van der Waals surface area contributed by atoms with Crippen LogP contribution in [-0.2, 0) is 0 Å². The Hall–Kier alpha value is -0.860. The van der Waals surface area contributed by atoms with Crippen LogP contribution in [0.5, 0.6) is 0 Å². The third-order valence-electron chi connectivity index (χ3n) is 5.40. The normalized spacial score (nSPS) is 29.6. The standard InChI is InChI=1S/C18H28N2/c1-14(2)15(3)20-12-17-10-7-11-19(17)13-18(20)16-8-5-4-6-9-16/h4-6,8-9,14-15,17-18H,7,10-13H2,1-3H3. The van der Waals surface area contributed by atoms with Gasteiger partial charge in [0, 0.05) is 31.2 Å². The molecule has 1 aromatic carbocycles. The molecule has 0 radical (unpaired) electrons. The quantitative estimate of drug-likeness (QED) is 0.830. The summed E-state index contributed by atoms with van der Waals surface area (Å²) in [6.45, 7) is 10.9. The van der Waals surface area contributed by atoms with Crippen molar-refractivity contribution >= 4 is 0 Å². The molecular weight excluding hydrogens is 244 g/mol. The van der Waals surface area contributed by atoms with Crippen molar-refractivity contribution in [2.24, 2.45) is 5.92 Å². The average molecular weight is 272 g/mol. The SMILES string of the molecule is CC(C)C(C)N1CC2CCCN2CC1c1ccccc1. The van der Waals surface area contributed by atoms with E-state index in [4.69, 9.17) is 0 Å². The summed E-state index contributed by atoms with van der Waals surface area (Å²) in [6.07, 6.45) is 2.78. The molecule has 110 valence electrons. The second kappa shape index (κ2) is 5.87. The molecule has 2 heteroatoms. The summed E-state index contributed by atoms with van der Waals surface area (Å²) >= 11 is 0. The minimum absolute atomic E-state index is 0.572. The third-order valence-corrected chi connectivity index (χ3v) is 5.40. The van der Waals surface area contributed by atoms with Gasteiger partial charge in [-0.1, -0.05) is 44.2 Å². The van der Waals surface area contributed by atoms with E-state index in [1.807, 2.05) is 0 Å². The van der Waals surface area contributed by atoms with E-state index in [2.05, 4.69) is 60.9 Å². The van der Waals surface area contributed by atoms with Gasteiger partial charge in [-0.3, -0.25) is 9.80 Å². The predicted molar refractivity (Wildman–Crippen MR) is 84.8 cm³/mol. The van der Waals surface area contributed by atoms with E-state index < -0.39 is 0 Å². The zero-order valence-electron chi connectivity index (χ0n) is 13.1. The Morgan fingerprint density at radius 2 is 1.80 bits per heavy atom. The van der Waals surface area contributed by atoms with Crippen LogP contribution in [0.4, 0.5) is 0 Å². The van der Waals surface area contributed by atoms with Crippen LogP contribution in [0.3, 0.4) is 0 Å². The van der Waals surface area contributed by atoms with Gasteiger partial charge in [0.25, 0.3) is 0 Å². The van der Waals surface area contributed by atoms with Crippen LogP contribution in [0, 0.1) is 5.92 Å². The molecule has 3 unspecified atom stereocenters. The monoisotopic (exact) mass is 272 g/mol. The topological polar surface area (TPSA) is 6.48 Å². The zero-order chi connectivity index (χ0) is 14.1. The van der Waals surface area contributed by atoms with Crippen molar-refractivity contribution in [2.75, 3.05) is 19.6 Å². The van der Waals surface area contributed by atoms with Crippen molar-refractivity contribution in [1.29, 1.82) is 0 Å². The largest absolute Gasteiger partial charge is 0.297 e. The molecule has 1 aromatic rings. The summed E-state index contributed by atoms with van der Waals surface area (Å²) in [5.41, 5.74) is 1.49. The molecule has 2 aliphatic rings. The zero-order valence-corrected chi connectivity index (χ0v) is 13.1. The molecule has 20 heavy (non-hydrogen) atoms. The molecule has 0 aromatic heterocycles. The second-order valence-corrected chi connectivity index (χ2v) is 6.90. The fourth-order valence-corrected chi connectivity index (χ4v) is 3.84. The van der Waals surface area contributed by atoms with Crippen molar-refractivity contribution in [3.63, 3.8) is 0 Å². The first-order valence-corrected chi connectivity index (χ1v) is 8.21. The summed E-state index contributed by atoms with van der Waals surface area (Å²) in [5, 5.41) is 0. The van der Waals surface area contributed by atoms with Gasteiger partial charge in [0.05, 0.1) is 0 Å². The molecule has 3 atom stereocenters. The van der Waals surface area contributed by atoms with Gasteiger partial charge in [0.2, 0.25) is 0 Å². The summed E-state index contributed by atoms with van der Waals surface area (Å²) in [7, 11) is 0. The number of rotatable bonds is 3. The number of nitrogens with zero attached hydrogens (tertiary/aromatic N) is 2. The molecule has 0 N–H and O–H groups in total. The van der Waals surface area contributed by atoms with E-state index in [1.54, 1.807) is 0 Å².